The molecule has 0 aliphatic heterocycles. The van der Waals surface area contributed by atoms with Gasteiger partial charge in [-0.15, -0.1) is 10.2 Å². The number of carbonyl (C=O) groups excluding carboxylic acids is 1. The van der Waals surface area contributed by atoms with Crippen LogP contribution in [0.1, 0.15) is 29.9 Å². The number of nitriles is 1. The highest BCUT2D eigenvalue weighted by Gasteiger charge is 2.09. The molecule has 2 rings (SSSR count). The second kappa shape index (κ2) is 6.48. The van der Waals surface area contributed by atoms with Gasteiger partial charge in [-0.25, -0.2) is 0 Å². The quantitative estimate of drug-likeness (QED) is 0.898. The van der Waals surface area contributed by atoms with Gasteiger partial charge in [-0.2, -0.15) is 5.26 Å². The van der Waals surface area contributed by atoms with Crippen LogP contribution in [-0.4, -0.2) is 22.1 Å². The van der Waals surface area contributed by atoms with Gasteiger partial charge in [0.2, 0.25) is 0 Å². The third kappa shape index (κ3) is 4.01. The number of nitrogens with zero attached hydrogens (tertiary/aromatic N) is 3. The van der Waals surface area contributed by atoms with Crippen molar-refractivity contribution in [2.24, 2.45) is 0 Å². The van der Waals surface area contributed by atoms with Gasteiger partial charge < -0.3 is 10.6 Å². The Labute approximate surface area is 122 Å². The monoisotopic (exact) mass is 281 g/mol. The highest BCUT2D eigenvalue weighted by molar-refractivity contribution is 6.02. The fraction of sp³-hybridized carbons (Fsp3) is 0.200. The molecule has 0 fully saturated rings. The zero-order chi connectivity index (χ0) is 15.2. The summed E-state index contributed by atoms with van der Waals surface area (Å²) in [5.41, 5.74) is 1.37. The molecule has 106 valence electrons. The SMILES string of the molecule is CC(C)Nc1ccc(C(=O)Nc2ccc(C#N)cc2)nn1. The minimum atomic E-state index is -0.344. The summed E-state index contributed by atoms with van der Waals surface area (Å²) in [6.45, 7) is 3.99. The number of carbonyl (C=O) groups is 1. The van der Waals surface area contributed by atoms with E-state index in [1.165, 1.54) is 0 Å². The van der Waals surface area contributed by atoms with E-state index in [-0.39, 0.29) is 17.6 Å². The Morgan fingerprint density at radius 2 is 1.86 bits per heavy atom. The number of nitrogens with one attached hydrogen (secondary N) is 2. The minimum Gasteiger partial charge on any atom is -0.366 e. The van der Waals surface area contributed by atoms with Crippen LogP contribution in [0.5, 0.6) is 0 Å². The Bertz CT molecular complexity index is 656. The van der Waals surface area contributed by atoms with Crippen LogP contribution < -0.4 is 10.6 Å². The third-order valence-electron chi connectivity index (χ3n) is 2.61. The summed E-state index contributed by atoms with van der Waals surface area (Å²) < 4.78 is 0. The maximum absolute atomic E-state index is 12.0. The average Bonchev–Trinajstić information content (AvgIpc) is 2.48. The summed E-state index contributed by atoms with van der Waals surface area (Å²) in [7, 11) is 0. The van der Waals surface area contributed by atoms with Gasteiger partial charge >= 0.3 is 0 Å². The molecule has 21 heavy (non-hydrogen) atoms. The molecule has 0 atom stereocenters. The van der Waals surface area contributed by atoms with Gasteiger partial charge in [-0.3, -0.25) is 4.79 Å². The second-order valence-electron chi connectivity index (χ2n) is 4.75. The maximum atomic E-state index is 12.0. The van der Waals surface area contributed by atoms with E-state index in [0.29, 0.717) is 17.1 Å². The van der Waals surface area contributed by atoms with Gasteiger partial charge in [-0.1, -0.05) is 0 Å². The molecule has 1 amide bonds. The molecule has 0 aliphatic rings. The van der Waals surface area contributed by atoms with Crippen molar-refractivity contribution in [3.63, 3.8) is 0 Å². The topological polar surface area (TPSA) is 90.7 Å². The smallest absolute Gasteiger partial charge is 0.276 e. The molecule has 0 spiro atoms. The first-order valence-electron chi connectivity index (χ1n) is 6.50. The second-order valence-corrected chi connectivity index (χ2v) is 4.75. The molecule has 2 N–H and O–H groups in total. The summed E-state index contributed by atoms with van der Waals surface area (Å²) in [4.78, 5) is 12.0. The Kier molecular flexibility index (Phi) is 4.46. The van der Waals surface area contributed by atoms with E-state index in [1.807, 2.05) is 19.9 Å². The molecular formula is C15H15N5O. The molecule has 6 nitrogen and oxygen atoms in total. The van der Waals surface area contributed by atoms with Crippen molar-refractivity contribution in [1.29, 1.82) is 5.26 Å². The lowest BCUT2D eigenvalue weighted by molar-refractivity contribution is 0.102. The fourth-order valence-corrected chi connectivity index (χ4v) is 1.65. The summed E-state index contributed by atoms with van der Waals surface area (Å²) >= 11 is 0. The third-order valence-corrected chi connectivity index (χ3v) is 2.61. The first-order valence-corrected chi connectivity index (χ1v) is 6.50. The van der Waals surface area contributed by atoms with Crippen LogP contribution in [0, 0.1) is 11.3 Å². The Morgan fingerprint density at radius 3 is 2.38 bits per heavy atom. The zero-order valence-electron chi connectivity index (χ0n) is 11.8. The molecule has 0 unspecified atom stereocenters. The number of hydrogen-bond acceptors (Lipinski definition) is 5. The largest absolute Gasteiger partial charge is 0.366 e. The van der Waals surface area contributed by atoms with Crippen molar-refractivity contribution in [3.05, 3.63) is 47.7 Å². The summed E-state index contributed by atoms with van der Waals surface area (Å²) in [6.07, 6.45) is 0. The standard InChI is InChI=1S/C15H15N5O/c1-10(2)17-14-8-7-13(19-20-14)15(21)18-12-5-3-11(9-16)4-6-12/h3-8,10H,1-2H3,(H,17,20)(H,18,21). The number of hydrogen-bond donors (Lipinski definition) is 2. The molecule has 6 heteroatoms. The van der Waals surface area contributed by atoms with Crippen molar-refractivity contribution in [2.75, 3.05) is 10.6 Å². The zero-order valence-corrected chi connectivity index (χ0v) is 11.8. The average molecular weight is 281 g/mol. The van der Waals surface area contributed by atoms with E-state index < -0.39 is 0 Å². The molecule has 0 saturated heterocycles. The van der Waals surface area contributed by atoms with E-state index in [4.69, 9.17) is 5.26 Å². The van der Waals surface area contributed by atoms with Crippen LogP contribution in [0.3, 0.4) is 0 Å². The lowest BCUT2D eigenvalue weighted by atomic mass is 10.2. The van der Waals surface area contributed by atoms with Crippen molar-refractivity contribution < 1.29 is 4.79 Å². The fourth-order valence-electron chi connectivity index (χ4n) is 1.65. The lowest BCUT2D eigenvalue weighted by Crippen LogP contribution is -2.16. The van der Waals surface area contributed by atoms with Crippen molar-refractivity contribution in [2.45, 2.75) is 19.9 Å². The van der Waals surface area contributed by atoms with Crippen LogP contribution in [0.15, 0.2) is 36.4 Å². The van der Waals surface area contributed by atoms with E-state index in [0.717, 1.165) is 0 Å². The molecule has 0 saturated carbocycles. The number of aromatic nitrogens is 2. The Morgan fingerprint density at radius 1 is 1.14 bits per heavy atom. The summed E-state index contributed by atoms with van der Waals surface area (Å²) in [5.74, 6) is 0.281. The van der Waals surface area contributed by atoms with Crippen LogP contribution >= 0.6 is 0 Å². The van der Waals surface area contributed by atoms with E-state index in [2.05, 4.69) is 20.8 Å². The number of benzene rings is 1. The number of rotatable bonds is 4. The van der Waals surface area contributed by atoms with E-state index in [1.54, 1.807) is 36.4 Å². The first kappa shape index (κ1) is 14.5. The number of anilines is 2. The van der Waals surface area contributed by atoms with Gasteiger partial charge in [0.1, 0.15) is 5.82 Å². The maximum Gasteiger partial charge on any atom is 0.276 e. The summed E-state index contributed by atoms with van der Waals surface area (Å²) in [6, 6.07) is 12.2. The molecule has 0 bridgehead atoms. The van der Waals surface area contributed by atoms with Crippen molar-refractivity contribution in [3.8, 4) is 6.07 Å². The molecular weight excluding hydrogens is 266 g/mol. The predicted molar refractivity (Wildman–Crippen MR) is 79.9 cm³/mol. The van der Waals surface area contributed by atoms with Gasteiger partial charge in [0.05, 0.1) is 11.6 Å². The summed E-state index contributed by atoms with van der Waals surface area (Å²) in [5, 5.41) is 22.3. The molecule has 2 aromatic rings. The van der Waals surface area contributed by atoms with Crippen LogP contribution in [0.25, 0.3) is 0 Å². The molecule has 1 aromatic carbocycles. The van der Waals surface area contributed by atoms with E-state index >= 15 is 0 Å². The predicted octanol–water partition coefficient (Wildman–Crippen LogP) is 2.42. The van der Waals surface area contributed by atoms with Gasteiger partial charge in [0, 0.05) is 11.7 Å². The van der Waals surface area contributed by atoms with E-state index in [9.17, 15) is 4.79 Å². The van der Waals surface area contributed by atoms with Crippen molar-refractivity contribution in [1.82, 2.24) is 10.2 Å². The highest BCUT2D eigenvalue weighted by Crippen LogP contribution is 2.11. The minimum absolute atomic E-state index is 0.230. The Balaban J connectivity index is 2.04. The molecule has 0 aliphatic carbocycles. The van der Waals surface area contributed by atoms with Crippen molar-refractivity contribution >= 4 is 17.4 Å². The van der Waals surface area contributed by atoms with Crippen LogP contribution in [0.2, 0.25) is 0 Å². The molecule has 0 radical (unpaired) electrons. The molecule has 1 aromatic heterocycles. The highest BCUT2D eigenvalue weighted by atomic mass is 16.1. The van der Waals surface area contributed by atoms with Gasteiger partial charge in [0.25, 0.3) is 5.91 Å². The van der Waals surface area contributed by atoms with Gasteiger partial charge in [0.15, 0.2) is 5.69 Å². The number of amides is 1. The lowest BCUT2D eigenvalue weighted by Gasteiger charge is -2.08. The van der Waals surface area contributed by atoms with Gasteiger partial charge in [-0.05, 0) is 50.2 Å². The van der Waals surface area contributed by atoms with Crippen LogP contribution in [0.4, 0.5) is 11.5 Å². The van der Waals surface area contributed by atoms with Crippen LogP contribution in [-0.2, 0) is 0 Å². The molecule has 1 heterocycles. The Hall–Kier alpha value is -2.94. The first-order chi connectivity index (χ1) is 10.1. The normalized spacial score (nSPS) is 10.0.